The van der Waals surface area contributed by atoms with Crippen molar-refractivity contribution in [2.24, 2.45) is 5.73 Å². The van der Waals surface area contributed by atoms with E-state index in [1.165, 1.54) is 5.69 Å². The van der Waals surface area contributed by atoms with Crippen molar-refractivity contribution in [2.45, 2.75) is 24.9 Å². The third-order valence-electron chi connectivity index (χ3n) is 5.03. The molecule has 0 saturated heterocycles. The molecule has 0 aromatic heterocycles. The zero-order valence-electron chi connectivity index (χ0n) is 13.1. The Kier molecular flexibility index (Phi) is 2.99. The first kappa shape index (κ1) is 14.0. The summed E-state index contributed by atoms with van der Waals surface area (Å²) in [7, 11) is 3.79. The Hall–Kier alpha value is -2.00. The first-order chi connectivity index (χ1) is 9.94. The van der Waals surface area contributed by atoms with Crippen LogP contribution in [-0.2, 0) is 5.54 Å². The maximum atomic E-state index is 7.01. The summed E-state index contributed by atoms with van der Waals surface area (Å²) in [6.45, 7) is 4.36. The Bertz CT molecular complexity index is 680. The standard InChI is InChI=1S/C18H22N2O/c1-17(2)18(19,14-10-6-8-12-16(14)21-4)13-9-5-7-11-15(13)20(17)3/h5-12H,19H2,1-4H3. The fourth-order valence-electron chi connectivity index (χ4n) is 3.44. The highest BCUT2D eigenvalue weighted by atomic mass is 16.5. The molecule has 0 radical (unpaired) electrons. The average Bonchev–Trinajstić information content (AvgIpc) is 2.67. The van der Waals surface area contributed by atoms with E-state index in [0.29, 0.717) is 0 Å². The number of methoxy groups -OCH3 is 1. The van der Waals surface area contributed by atoms with Gasteiger partial charge in [-0.3, -0.25) is 0 Å². The molecule has 3 nitrogen and oxygen atoms in total. The number of nitrogens with zero attached hydrogens (tertiary/aromatic N) is 1. The molecule has 2 aromatic carbocycles. The van der Waals surface area contributed by atoms with Crippen LogP contribution in [0.3, 0.4) is 0 Å². The highest BCUT2D eigenvalue weighted by Gasteiger charge is 2.55. The number of rotatable bonds is 2. The predicted molar refractivity (Wildman–Crippen MR) is 86.9 cm³/mol. The van der Waals surface area contributed by atoms with Crippen molar-refractivity contribution in [2.75, 3.05) is 19.1 Å². The van der Waals surface area contributed by atoms with Gasteiger partial charge in [-0.25, -0.2) is 0 Å². The molecule has 0 aliphatic carbocycles. The predicted octanol–water partition coefficient (Wildman–Crippen LogP) is 3.13. The molecule has 3 rings (SSSR count). The lowest BCUT2D eigenvalue weighted by molar-refractivity contribution is 0.315. The third kappa shape index (κ3) is 1.64. The van der Waals surface area contributed by atoms with Crippen LogP contribution in [0, 0.1) is 0 Å². The lowest BCUT2D eigenvalue weighted by Crippen LogP contribution is -2.58. The number of benzene rings is 2. The van der Waals surface area contributed by atoms with E-state index in [2.05, 4.69) is 50.1 Å². The highest BCUT2D eigenvalue weighted by molar-refractivity contribution is 5.70. The summed E-state index contributed by atoms with van der Waals surface area (Å²) in [5, 5.41) is 0. The molecule has 0 spiro atoms. The molecule has 110 valence electrons. The summed E-state index contributed by atoms with van der Waals surface area (Å²) in [6.07, 6.45) is 0. The molecule has 1 aliphatic heterocycles. The maximum Gasteiger partial charge on any atom is 0.124 e. The second kappa shape index (κ2) is 4.50. The van der Waals surface area contributed by atoms with Crippen molar-refractivity contribution in [3.05, 3.63) is 59.7 Å². The fraction of sp³-hybridized carbons (Fsp3) is 0.333. The monoisotopic (exact) mass is 282 g/mol. The van der Waals surface area contributed by atoms with E-state index < -0.39 is 5.54 Å². The van der Waals surface area contributed by atoms with Crippen LogP contribution in [0.2, 0.25) is 0 Å². The molecule has 0 fully saturated rings. The van der Waals surface area contributed by atoms with E-state index in [1.807, 2.05) is 24.3 Å². The first-order valence-corrected chi connectivity index (χ1v) is 7.20. The SMILES string of the molecule is COc1ccccc1C1(N)c2ccccc2N(C)C1(C)C. The molecule has 1 unspecified atom stereocenters. The number of para-hydroxylation sites is 2. The minimum Gasteiger partial charge on any atom is -0.496 e. The Morgan fingerprint density at radius 3 is 2.19 bits per heavy atom. The number of fused-ring (bicyclic) bond motifs is 1. The average molecular weight is 282 g/mol. The number of anilines is 1. The normalized spacial score (nSPS) is 23.0. The molecule has 1 aliphatic rings. The topological polar surface area (TPSA) is 38.5 Å². The van der Waals surface area contributed by atoms with E-state index >= 15 is 0 Å². The van der Waals surface area contributed by atoms with Crippen LogP contribution in [0.5, 0.6) is 5.75 Å². The van der Waals surface area contributed by atoms with Gasteiger partial charge in [-0.1, -0.05) is 36.4 Å². The Labute approximate surface area is 126 Å². The summed E-state index contributed by atoms with van der Waals surface area (Å²) < 4.78 is 5.57. The van der Waals surface area contributed by atoms with Crippen LogP contribution in [0.4, 0.5) is 5.69 Å². The van der Waals surface area contributed by atoms with Gasteiger partial charge in [-0.05, 0) is 26.0 Å². The van der Waals surface area contributed by atoms with Crippen molar-refractivity contribution in [1.82, 2.24) is 0 Å². The van der Waals surface area contributed by atoms with Gasteiger partial charge in [-0.2, -0.15) is 0 Å². The molecule has 2 N–H and O–H groups in total. The van der Waals surface area contributed by atoms with E-state index in [4.69, 9.17) is 10.5 Å². The molecular weight excluding hydrogens is 260 g/mol. The Balaban J connectivity index is 2.33. The molecule has 1 heterocycles. The quantitative estimate of drug-likeness (QED) is 0.919. The molecule has 0 bridgehead atoms. The second-order valence-electron chi connectivity index (χ2n) is 6.14. The minimum atomic E-state index is -0.620. The van der Waals surface area contributed by atoms with Gasteiger partial charge in [0.15, 0.2) is 0 Å². The lowest BCUT2D eigenvalue weighted by atomic mass is 9.72. The van der Waals surface area contributed by atoms with Crippen LogP contribution >= 0.6 is 0 Å². The van der Waals surface area contributed by atoms with Gasteiger partial charge < -0.3 is 15.4 Å². The molecule has 0 amide bonds. The Morgan fingerprint density at radius 1 is 0.952 bits per heavy atom. The van der Waals surface area contributed by atoms with Crippen LogP contribution in [0.15, 0.2) is 48.5 Å². The van der Waals surface area contributed by atoms with Gasteiger partial charge in [0.2, 0.25) is 0 Å². The van der Waals surface area contributed by atoms with E-state index in [9.17, 15) is 0 Å². The van der Waals surface area contributed by atoms with Gasteiger partial charge in [0, 0.05) is 23.9 Å². The van der Waals surface area contributed by atoms with Crippen molar-refractivity contribution in [3.8, 4) is 5.75 Å². The first-order valence-electron chi connectivity index (χ1n) is 7.20. The number of hydrogen-bond acceptors (Lipinski definition) is 3. The Morgan fingerprint density at radius 2 is 1.52 bits per heavy atom. The maximum absolute atomic E-state index is 7.01. The zero-order valence-corrected chi connectivity index (χ0v) is 13.1. The molecular formula is C18H22N2O. The van der Waals surface area contributed by atoms with Gasteiger partial charge in [-0.15, -0.1) is 0 Å². The lowest BCUT2D eigenvalue weighted by Gasteiger charge is -2.43. The molecule has 2 aromatic rings. The molecule has 1 atom stereocenters. The third-order valence-corrected chi connectivity index (χ3v) is 5.03. The smallest absolute Gasteiger partial charge is 0.124 e. The van der Waals surface area contributed by atoms with E-state index in [-0.39, 0.29) is 5.54 Å². The number of likely N-dealkylation sites (N-methyl/N-ethyl adjacent to an activating group) is 1. The van der Waals surface area contributed by atoms with Gasteiger partial charge in [0.05, 0.1) is 18.2 Å². The molecule has 3 heteroatoms. The number of nitrogens with two attached hydrogens (primary N) is 1. The highest BCUT2D eigenvalue weighted by Crippen LogP contribution is 2.52. The van der Waals surface area contributed by atoms with Crippen molar-refractivity contribution in [3.63, 3.8) is 0 Å². The van der Waals surface area contributed by atoms with Gasteiger partial charge in [0.1, 0.15) is 5.75 Å². The van der Waals surface area contributed by atoms with Crippen molar-refractivity contribution in [1.29, 1.82) is 0 Å². The van der Waals surface area contributed by atoms with Gasteiger partial charge in [0.25, 0.3) is 0 Å². The summed E-state index contributed by atoms with van der Waals surface area (Å²) >= 11 is 0. The van der Waals surface area contributed by atoms with Crippen LogP contribution in [0.25, 0.3) is 0 Å². The minimum absolute atomic E-state index is 0.259. The van der Waals surface area contributed by atoms with E-state index in [0.717, 1.165) is 16.9 Å². The second-order valence-corrected chi connectivity index (χ2v) is 6.14. The fourth-order valence-corrected chi connectivity index (χ4v) is 3.44. The molecule has 21 heavy (non-hydrogen) atoms. The van der Waals surface area contributed by atoms with Gasteiger partial charge >= 0.3 is 0 Å². The summed E-state index contributed by atoms with van der Waals surface area (Å²) in [5.41, 5.74) is 9.48. The molecule has 0 saturated carbocycles. The van der Waals surface area contributed by atoms with Crippen molar-refractivity contribution >= 4 is 5.69 Å². The van der Waals surface area contributed by atoms with Crippen molar-refractivity contribution < 1.29 is 4.74 Å². The summed E-state index contributed by atoms with van der Waals surface area (Å²) in [5.74, 6) is 0.832. The summed E-state index contributed by atoms with van der Waals surface area (Å²) in [4.78, 5) is 2.26. The number of hydrogen-bond donors (Lipinski definition) is 1. The zero-order chi connectivity index (χ0) is 15.3. The summed E-state index contributed by atoms with van der Waals surface area (Å²) in [6, 6.07) is 16.4. The largest absolute Gasteiger partial charge is 0.496 e. The van der Waals surface area contributed by atoms with E-state index in [1.54, 1.807) is 7.11 Å². The number of ether oxygens (including phenoxy) is 1. The van der Waals surface area contributed by atoms with Crippen LogP contribution in [-0.4, -0.2) is 19.7 Å². The van der Waals surface area contributed by atoms with Crippen LogP contribution in [0.1, 0.15) is 25.0 Å². The van der Waals surface area contributed by atoms with Crippen LogP contribution < -0.4 is 15.4 Å².